The molecule has 0 amide bonds. The molecule has 1 aliphatic rings. The first-order chi connectivity index (χ1) is 7.08. The maximum Gasteiger partial charge on any atom is 0.178 e. The smallest absolute Gasteiger partial charge is 0.178 e. The summed E-state index contributed by atoms with van der Waals surface area (Å²) in [6.45, 7) is 0.520. The van der Waals surface area contributed by atoms with Crippen LogP contribution >= 0.6 is 43.2 Å². The monoisotopic (exact) mass is 351 g/mol. The summed E-state index contributed by atoms with van der Waals surface area (Å²) in [6.07, 6.45) is 2.47. The van der Waals surface area contributed by atoms with Crippen molar-refractivity contribution in [2.24, 2.45) is 0 Å². The van der Waals surface area contributed by atoms with Crippen LogP contribution in [0, 0.1) is 0 Å². The molecule has 0 aliphatic heterocycles. The lowest BCUT2D eigenvalue weighted by Crippen LogP contribution is -2.27. The molecule has 1 aromatic heterocycles. The maximum atomic E-state index is 11.9. The molecule has 1 aliphatic carbocycles. The largest absolute Gasteiger partial charge is 0.296 e. The number of carbonyl (C=O) groups is 1. The molecule has 0 bridgehead atoms. The Morgan fingerprint density at radius 1 is 1.60 bits per heavy atom. The Morgan fingerprint density at radius 3 is 2.73 bits per heavy atom. The fourth-order valence-electron chi connectivity index (χ4n) is 1.49. The van der Waals surface area contributed by atoms with E-state index in [4.69, 9.17) is 0 Å². The van der Waals surface area contributed by atoms with Gasteiger partial charge in [0.1, 0.15) is 0 Å². The molecule has 15 heavy (non-hydrogen) atoms. The second-order valence-electron chi connectivity index (χ2n) is 3.81. The molecule has 2 nitrogen and oxygen atoms in total. The number of likely N-dealkylation sites (N-methyl/N-ethyl adjacent to an activating group) is 1. The van der Waals surface area contributed by atoms with Gasteiger partial charge in [-0.25, -0.2) is 0 Å². The molecule has 1 fully saturated rings. The number of thiophene rings is 1. The number of nitrogens with zero attached hydrogens (tertiary/aromatic N) is 1. The highest BCUT2D eigenvalue weighted by Crippen LogP contribution is 2.32. The number of ketones is 1. The van der Waals surface area contributed by atoms with Crippen LogP contribution in [-0.2, 0) is 0 Å². The van der Waals surface area contributed by atoms with Crippen LogP contribution in [0.15, 0.2) is 13.6 Å². The Labute approximate surface area is 110 Å². The van der Waals surface area contributed by atoms with Gasteiger partial charge >= 0.3 is 0 Å². The van der Waals surface area contributed by atoms with Gasteiger partial charge in [0.25, 0.3) is 0 Å². The zero-order chi connectivity index (χ0) is 11.0. The normalized spacial score (nSPS) is 16.0. The predicted octanol–water partition coefficient (Wildman–Crippen LogP) is 3.55. The summed E-state index contributed by atoms with van der Waals surface area (Å²) in [6, 6.07) is 2.52. The van der Waals surface area contributed by atoms with Crippen LogP contribution in [0.5, 0.6) is 0 Å². The van der Waals surface area contributed by atoms with Crippen LogP contribution in [0.2, 0.25) is 0 Å². The van der Waals surface area contributed by atoms with Gasteiger partial charge in [-0.2, -0.15) is 0 Å². The standard InChI is InChI=1S/C10H11Br2NOS/c1-13(6-2-3-6)5-8(14)7-4-9(11)15-10(7)12/h4,6H,2-3,5H2,1H3. The Morgan fingerprint density at radius 2 is 2.27 bits per heavy atom. The molecule has 2 rings (SSSR count). The van der Waals surface area contributed by atoms with Crippen molar-refractivity contribution < 1.29 is 4.79 Å². The van der Waals surface area contributed by atoms with E-state index in [9.17, 15) is 4.79 Å². The van der Waals surface area contributed by atoms with Gasteiger partial charge in [0.15, 0.2) is 5.78 Å². The zero-order valence-corrected chi connectivity index (χ0v) is 12.3. The van der Waals surface area contributed by atoms with E-state index in [1.54, 1.807) is 11.3 Å². The predicted molar refractivity (Wildman–Crippen MR) is 69.7 cm³/mol. The lowest BCUT2D eigenvalue weighted by Gasteiger charge is -2.13. The van der Waals surface area contributed by atoms with Gasteiger partial charge < -0.3 is 0 Å². The third-order valence-corrected chi connectivity index (χ3v) is 4.86. The van der Waals surface area contributed by atoms with Crippen molar-refractivity contribution in [1.82, 2.24) is 4.90 Å². The van der Waals surface area contributed by atoms with Gasteiger partial charge in [-0.3, -0.25) is 9.69 Å². The van der Waals surface area contributed by atoms with Crippen molar-refractivity contribution in [2.75, 3.05) is 13.6 Å². The molecule has 1 heterocycles. The lowest BCUT2D eigenvalue weighted by atomic mass is 10.2. The van der Waals surface area contributed by atoms with E-state index in [-0.39, 0.29) is 5.78 Å². The number of halogens is 2. The molecule has 5 heteroatoms. The van der Waals surface area contributed by atoms with E-state index in [0.717, 1.165) is 13.1 Å². The van der Waals surface area contributed by atoms with E-state index in [1.165, 1.54) is 12.8 Å². The average molecular weight is 353 g/mol. The zero-order valence-electron chi connectivity index (χ0n) is 8.30. The maximum absolute atomic E-state index is 11.9. The Hall–Kier alpha value is 0.290. The number of Topliss-reactive ketones (excluding diaryl/α,β-unsaturated/α-hetero) is 1. The van der Waals surface area contributed by atoms with E-state index in [0.29, 0.717) is 12.6 Å². The summed E-state index contributed by atoms with van der Waals surface area (Å²) >= 11 is 8.33. The van der Waals surface area contributed by atoms with E-state index in [2.05, 4.69) is 36.8 Å². The highest BCUT2D eigenvalue weighted by Gasteiger charge is 2.28. The third kappa shape index (κ3) is 2.90. The van der Waals surface area contributed by atoms with Crippen molar-refractivity contribution >= 4 is 49.0 Å². The molecule has 0 saturated heterocycles. The van der Waals surface area contributed by atoms with Gasteiger partial charge in [-0.1, -0.05) is 0 Å². The first-order valence-electron chi connectivity index (χ1n) is 4.76. The second kappa shape index (κ2) is 4.65. The van der Waals surface area contributed by atoms with Crippen LogP contribution in [0.4, 0.5) is 0 Å². The minimum Gasteiger partial charge on any atom is -0.296 e. The first kappa shape index (κ1) is 11.8. The Bertz CT molecular complexity index is 387. The van der Waals surface area contributed by atoms with E-state index >= 15 is 0 Å². The molecule has 0 aromatic carbocycles. The summed E-state index contributed by atoms with van der Waals surface area (Å²) in [5.74, 6) is 0.193. The van der Waals surface area contributed by atoms with Crippen molar-refractivity contribution in [2.45, 2.75) is 18.9 Å². The highest BCUT2D eigenvalue weighted by molar-refractivity contribution is 9.12. The molecule has 0 unspecified atom stereocenters. The third-order valence-electron chi connectivity index (χ3n) is 2.52. The second-order valence-corrected chi connectivity index (χ2v) is 7.56. The Kier molecular flexibility index (Phi) is 3.65. The fourth-order valence-corrected chi connectivity index (χ4v) is 4.34. The van der Waals surface area contributed by atoms with Crippen LogP contribution in [0.3, 0.4) is 0 Å². The van der Waals surface area contributed by atoms with Gasteiger partial charge in [0, 0.05) is 11.6 Å². The summed E-state index contributed by atoms with van der Waals surface area (Å²) in [5.41, 5.74) is 0.791. The molecule has 0 spiro atoms. The Balaban J connectivity index is 2.03. The minimum absolute atomic E-state index is 0.193. The molecule has 1 saturated carbocycles. The molecule has 0 radical (unpaired) electrons. The van der Waals surface area contributed by atoms with Gasteiger partial charge in [0.05, 0.1) is 14.1 Å². The molecular formula is C10H11Br2NOS. The summed E-state index contributed by atoms with van der Waals surface area (Å²) < 4.78 is 1.91. The van der Waals surface area contributed by atoms with E-state index in [1.807, 2.05) is 13.1 Å². The number of carbonyl (C=O) groups excluding carboxylic acids is 1. The lowest BCUT2D eigenvalue weighted by molar-refractivity contribution is 0.0942. The summed E-state index contributed by atoms with van der Waals surface area (Å²) in [5, 5.41) is 0. The summed E-state index contributed by atoms with van der Waals surface area (Å²) in [7, 11) is 2.02. The fraction of sp³-hybridized carbons (Fsp3) is 0.500. The quantitative estimate of drug-likeness (QED) is 0.772. The van der Waals surface area contributed by atoms with Gasteiger partial charge in [-0.05, 0) is 57.8 Å². The number of hydrogen-bond acceptors (Lipinski definition) is 3. The van der Waals surface area contributed by atoms with Crippen molar-refractivity contribution in [1.29, 1.82) is 0 Å². The average Bonchev–Trinajstić information content (AvgIpc) is 2.92. The van der Waals surface area contributed by atoms with Crippen molar-refractivity contribution in [3.05, 3.63) is 19.2 Å². The van der Waals surface area contributed by atoms with E-state index < -0.39 is 0 Å². The number of rotatable bonds is 4. The molecule has 1 aromatic rings. The molecule has 0 atom stereocenters. The molecule has 0 N–H and O–H groups in total. The van der Waals surface area contributed by atoms with Crippen molar-refractivity contribution in [3.8, 4) is 0 Å². The highest BCUT2D eigenvalue weighted by atomic mass is 79.9. The summed E-state index contributed by atoms with van der Waals surface area (Å²) in [4.78, 5) is 14.1. The van der Waals surface area contributed by atoms with Crippen LogP contribution in [-0.4, -0.2) is 30.3 Å². The topological polar surface area (TPSA) is 20.3 Å². The minimum atomic E-state index is 0.193. The van der Waals surface area contributed by atoms with Crippen LogP contribution in [0.25, 0.3) is 0 Å². The van der Waals surface area contributed by atoms with Gasteiger partial charge in [-0.15, -0.1) is 11.3 Å². The van der Waals surface area contributed by atoms with Crippen molar-refractivity contribution in [3.63, 3.8) is 0 Å². The van der Waals surface area contributed by atoms with Gasteiger partial charge in [0.2, 0.25) is 0 Å². The molecular weight excluding hydrogens is 342 g/mol. The first-order valence-corrected chi connectivity index (χ1v) is 7.16. The SMILES string of the molecule is CN(CC(=O)c1cc(Br)sc1Br)C1CC1. The van der Waals surface area contributed by atoms with Crippen LogP contribution in [0.1, 0.15) is 23.2 Å². The molecule has 82 valence electrons. The number of hydrogen-bond donors (Lipinski definition) is 0. The van der Waals surface area contributed by atoms with Crippen LogP contribution < -0.4 is 0 Å².